The maximum atomic E-state index is 11.1. The van der Waals surface area contributed by atoms with E-state index in [0.717, 1.165) is 28.8 Å². The summed E-state index contributed by atoms with van der Waals surface area (Å²) in [5.74, 6) is 0. The maximum Gasteiger partial charge on any atom is 0.177 e. The molecule has 0 aliphatic rings. The van der Waals surface area contributed by atoms with Gasteiger partial charge in [-0.2, -0.15) is 5.10 Å². The fourth-order valence-corrected chi connectivity index (χ4v) is 2.20. The molecular weight excluding hydrogens is 252 g/mol. The lowest BCUT2D eigenvalue weighted by Crippen LogP contribution is -2.02. The van der Waals surface area contributed by atoms with Crippen molar-refractivity contribution in [2.75, 3.05) is 12.4 Å². The Labute approximate surface area is 116 Å². The summed E-state index contributed by atoms with van der Waals surface area (Å²) in [4.78, 5) is 15.3. The van der Waals surface area contributed by atoms with Gasteiger partial charge in [0.15, 0.2) is 11.9 Å². The van der Waals surface area contributed by atoms with Gasteiger partial charge in [0.25, 0.3) is 0 Å². The molecule has 0 spiro atoms. The largest absolute Gasteiger partial charge is 0.385 e. The van der Waals surface area contributed by atoms with E-state index in [4.69, 9.17) is 0 Å². The Morgan fingerprint density at radius 1 is 1.30 bits per heavy atom. The Kier molecular flexibility index (Phi) is 2.95. The quantitative estimate of drug-likeness (QED) is 0.740. The van der Waals surface area contributed by atoms with Crippen molar-refractivity contribution in [2.45, 2.75) is 6.92 Å². The monoisotopic (exact) mass is 266 g/mol. The number of carbonyl (C=O) groups excluding carboxylic acids is 1. The highest BCUT2D eigenvalue weighted by Crippen LogP contribution is 2.24. The van der Waals surface area contributed by atoms with Gasteiger partial charge in [0.05, 0.1) is 17.6 Å². The molecule has 0 unspecified atom stereocenters. The summed E-state index contributed by atoms with van der Waals surface area (Å²) in [5.41, 5.74) is 4.89. The van der Waals surface area contributed by atoms with Crippen molar-refractivity contribution < 1.29 is 4.79 Å². The highest BCUT2D eigenvalue weighted by molar-refractivity contribution is 5.79. The molecule has 0 saturated heterocycles. The van der Waals surface area contributed by atoms with Gasteiger partial charge in [-0.15, -0.1) is 0 Å². The Morgan fingerprint density at radius 2 is 2.15 bits per heavy atom. The standard InChI is InChI=1S/C15H14N4O/c1-10-4-3-5-11(6-10)13-7-14(16-2)15-17-8-12(9-20)19(15)18-13/h3-9,16H,1-2H3. The number of aldehydes is 1. The first-order valence-corrected chi connectivity index (χ1v) is 6.31. The first kappa shape index (κ1) is 12.3. The first-order valence-electron chi connectivity index (χ1n) is 6.31. The zero-order valence-electron chi connectivity index (χ0n) is 11.3. The predicted molar refractivity (Wildman–Crippen MR) is 78.1 cm³/mol. The highest BCUT2D eigenvalue weighted by atomic mass is 16.1. The molecule has 3 rings (SSSR count). The molecule has 1 N–H and O–H groups in total. The highest BCUT2D eigenvalue weighted by Gasteiger charge is 2.11. The Hall–Kier alpha value is -2.69. The van der Waals surface area contributed by atoms with E-state index in [2.05, 4.69) is 21.5 Å². The lowest BCUT2D eigenvalue weighted by Gasteiger charge is -2.08. The summed E-state index contributed by atoms with van der Waals surface area (Å²) in [6.07, 6.45) is 2.28. The molecular formula is C15H14N4O. The molecule has 20 heavy (non-hydrogen) atoms. The summed E-state index contributed by atoms with van der Waals surface area (Å²) < 4.78 is 1.57. The third kappa shape index (κ3) is 1.93. The van der Waals surface area contributed by atoms with Crippen LogP contribution in [-0.4, -0.2) is 27.9 Å². The van der Waals surface area contributed by atoms with E-state index >= 15 is 0 Å². The Bertz CT molecular complexity index is 792. The maximum absolute atomic E-state index is 11.1. The van der Waals surface area contributed by atoms with Crippen molar-refractivity contribution in [3.05, 3.63) is 47.8 Å². The SMILES string of the molecule is CNc1cc(-c2cccc(C)c2)nn2c(C=O)cnc12. The van der Waals surface area contributed by atoms with Gasteiger partial charge >= 0.3 is 0 Å². The average molecular weight is 266 g/mol. The van der Waals surface area contributed by atoms with Crippen LogP contribution < -0.4 is 5.32 Å². The molecule has 1 aromatic carbocycles. The van der Waals surface area contributed by atoms with E-state index in [-0.39, 0.29) is 0 Å². The molecule has 0 aliphatic carbocycles. The summed E-state index contributed by atoms with van der Waals surface area (Å²) in [6.45, 7) is 2.04. The van der Waals surface area contributed by atoms with Crippen molar-refractivity contribution in [2.24, 2.45) is 0 Å². The van der Waals surface area contributed by atoms with E-state index < -0.39 is 0 Å². The first-order chi connectivity index (χ1) is 9.72. The number of fused-ring (bicyclic) bond motifs is 1. The number of hydrogen-bond donors (Lipinski definition) is 1. The van der Waals surface area contributed by atoms with Gasteiger partial charge in [-0.1, -0.05) is 23.8 Å². The molecule has 0 amide bonds. The zero-order chi connectivity index (χ0) is 14.1. The molecule has 0 atom stereocenters. The molecule has 3 aromatic rings. The topological polar surface area (TPSA) is 59.3 Å². The molecule has 0 aliphatic heterocycles. The summed E-state index contributed by atoms with van der Waals surface area (Å²) >= 11 is 0. The van der Waals surface area contributed by atoms with Crippen LogP contribution in [0.25, 0.3) is 16.9 Å². The minimum absolute atomic E-state index is 0.436. The van der Waals surface area contributed by atoms with Gasteiger partial charge < -0.3 is 5.32 Å². The number of hydrogen-bond acceptors (Lipinski definition) is 4. The smallest absolute Gasteiger partial charge is 0.177 e. The molecule has 2 heterocycles. The van der Waals surface area contributed by atoms with Gasteiger partial charge in [-0.3, -0.25) is 4.79 Å². The van der Waals surface area contributed by atoms with Gasteiger partial charge in [-0.05, 0) is 19.1 Å². The number of imidazole rings is 1. The number of rotatable bonds is 3. The van der Waals surface area contributed by atoms with Gasteiger partial charge in [0.1, 0.15) is 5.69 Å². The van der Waals surface area contributed by atoms with E-state index in [9.17, 15) is 4.79 Å². The Morgan fingerprint density at radius 3 is 2.85 bits per heavy atom. The van der Waals surface area contributed by atoms with Gasteiger partial charge in [0, 0.05) is 12.6 Å². The lowest BCUT2D eigenvalue weighted by atomic mass is 10.1. The van der Waals surface area contributed by atoms with Crippen molar-refractivity contribution >= 4 is 17.6 Å². The summed E-state index contributed by atoms with van der Waals surface area (Å²) in [7, 11) is 1.82. The molecule has 2 aromatic heterocycles. The van der Waals surface area contributed by atoms with Crippen LogP contribution in [0.2, 0.25) is 0 Å². The molecule has 0 saturated carbocycles. The van der Waals surface area contributed by atoms with Crippen LogP contribution in [0.3, 0.4) is 0 Å². The van der Waals surface area contributed by atoms with Crippen LogP contribution in [0, 0.1) is 6.92 Å². The Balaban J connectivity index is 2.28. The summed E-state index contributed by atoms with van der Waals surface area (Å²) in [5, 5.41) is 7.60. The predicted octanol–water partition coefficient (Wildman–Crippen LogP) is 2.56. The van der Waals surface area contributed by atoms with E-state index in [0.29, 0.717) is 11.3 Å². The minimum Gasteiger partial charge on any atom is -0.385 e. The number of aromatic nitrogens is 3. The number of nitrogens with one attached hydrogen (secondary N) is 1. The van der Waals surface area contributed by atoms with Crippen LogP contribution in [0.1, 0.15) is 16.1 Å². The fraction of sp³-hybridized carbons (Fsp3) is 0.133. The third-order valence-electron chi connectivity index (χ3n) is 3.20. The van der Waals surface area contributed by atoms with E-state index in [1.165, 1.54) is 6.20 Å². The number of carbonyl (C=O) groups is 1. The molecule has 5 nitrogen and oxygen atoms in total. The van der Waals surface area contributed by atoms with Gasteiger partial charge in [0.2, 0.25) is 0 Å². The number of aryl methyl sites for hydroxylation is 1. The molecule has 5 heteroatoms. The van der Waals surface area contributed by atoms with Crippen LogP contribution in [0.15, 0.2) is 36.5 Å². The second-order valence-corrected chi connectivity index (χ2v) is 4.60. The van der Waals surface area contributed by atoms with Crippen molar-refractivity contribution in [1.82, 2.24) is 14.6 Å². The molecule has 100 valence electrons. The number of nitrogens with zero attached hydrogens (tertiary/aromatic N) is 3. The van der Waals surface area contributed by atoms with Crippen molar-refractivity contribution in [1.29, 1.82) is 0 Å². The second kappa shape index (κ2) is 4.77. The number of benzene rings is 1. The van der Waals surface area contributed by atoms with Crippen LogP contribution >= 0.6 is 0 Å². The zero-order valence-corrected chi connectivity index (χ0v) is 11.3. The average Bonchev–Trinajstić information content (AvgIpc) is 2.89. The minimum atomic E-state index is 0.436. The molecule has 0 fully saturated rings. The fourth-order valence-electron chi connectivity index (χ4n) is 2.20. The summed E-state index contributed by atoms with van der Waals surface area (Å²) in [6, 6.07) is 10.0. The van der Waals surface area contributed by atoms with Crippen LogP contribution in [0.4, 0.5) is 5.69 Å². The third-order valence-corrected chi connectivity index (χ3v) is 3.20. The van der Waals surface area contributed by atoms with E-state index in [1.54, 1.807) is 4.52 Å². The van der Waals surface area contributed by atoms with Gasteiger partial charge in [-0.25, -0.2) is 9.50 Å². The normalized spacial score (nSPS) is 10.7. The van der Waals surface area contributed by atoms with Crippen molar-refractivity contribution in [3.8, 4) is 11.3 Å². The second-order valence-electron chi connectivity index (χ2n) is 4.60. The molecule has 0 radical (unpaired) electrons. The van der Waals surface area contributed by atoms with Crippen LogP contribution in [0.5, 0.6) is 0 Å². The number of anilines is 1. The lowest BCUT2D eigenvalue weighted by molar-refractivity contribution is 0.111. The van der Waals surface area contributed by atoms with Crippen molar-refractivity contribution in [3.63, 3.8) is 0 Å². The van der Waals surface area contributed by atoms with Crippen LogP contribution in [-0.2, 0) is 0 Å². The molecule has 0 bridgehead atoms. The van der Waals surface area contributed by atoms with E-state index in [1.807, 2.05) is 38.2 Å².